The number of ether oxygens (including phenoxy) is 1. The number of nitrogen functional groups attached to an aromatic ring is 1. The molecule has 0 aliphatic rings. The fourth-order valence-electron chi connectivity index (χ4n) is 1.64. The van der Waals surface area contributed by atoms with Crippen LogP contribution in [0.2, 0.25) is 0 Å². The van der Waals surface area contributed by atoms with Gasteiger partial charge in [-0.15, -0.1) is 0 Å². The second-order valence-corrected chi connectivity index (χ2v) is 3.84. The van der Waals surface area contributed by atoms with Crippen molar-refractivity contribution in [2.75, 3.05) is 12.3 Å². The maximum absolute atomic E-state index is 8.95. The molecular formula is C13H14N4O. The fraction of sp³-hybridized carbons (Fsp3) is 0.231. The summed E-state index contributed by atoms with van der Waals surface area (Å²) in [7, 11) is 0. The number of nitriles is 1. The van der Waals surface area contributed by atoms with Crippen molar-refractivity contribution in [1.82, 2.24) is 9.55 Å². The maximum Gasteiger partial charge on any atom is 0.217 e. The molecule has 0 atom stereocenters. The third kappa shape index (κ3) is 2.43. The second-order valence-electron chi connectivity index (χ2n) is 3.84. The van der Waals surface area contributed by atoms with Crippen molar-refractivity contribution in [3.63, 3.8) is 0 Å². The largest absolute Gasteiger partial charge is 0.493 e. The van der Waals surface area contributed by atoms with E-state index >= 15 is 0 Å². The molecule has 2 N–H and O–H groups in total. The maximum atomic E-state index is 8.95. The molecule has 0 saturated heterocycles. The van der Waals surface area contributed by atoms with Gasteiger partial charge in [-0.25, -0.2) is 4.98 Å². The number of rotatable bonds is 4. The Hall–Kier alpha value is -2.48. The van der Waals surface area contributed by atoms with Gasteiger partial charge in [0.2, 0.25) is 5.82 Å². The Kier molecular flexibility index (Phi) is 3.49. The summed E-state index contributed by atoms with van der Waals surface area (Å²) in [5, 5.41) is 8.95. The molecular weight excluding hydrogens is 228 g/mol. The van der Waals surface area contributed by atoms with Gasteiger partial charge in [-0.05, 0) is 12.5 Å². The molecule has 0 fully saturated rings. The van der Waals surface area contributed by atoms with Crippen molar-refractivity contribution in [1.29, 1.82) is 5.26 Å². The van der Waals surface area contributed by atoms with Crippen molar-refractivity contribution in [3.8, 4) is 17.5 Å². The van der Waals surface area contributed by atoms with E-state index in [2.05, 4.69) is 4.98 Å². The minimum atomic E-state index is 0.321. The lowest BCUT2D eigenvalue weighted by Gasteiger charge is -2.10. The average Bonchev–Trinajstić information content (AvgIpc) is 2.84. The van der Waals surface area contributed by atoms with Crippen LogP contribution in [0.5, 0.6) is 5.75 Å². The first-order chi connectivity index (χ1) is 8.74. The molecule has 0 radical (unpaired) electrons. The van der Waals surface area contributed by atoms with Crippen molar-refractivity contribution in [2.24, 2.45) is 0 Å². The minimum Gasteiger partial charge on any atom is -0.493 e. The SMILES string of the molecule is CCCOc1cc(N)cc(-n2ccnc2C#N)c1. The van der Waals surface area contributed by atoms with Crippen molar-refractivity contribution >= 4 is 5.69 Å². The zero-order valence-electron chi connectivity index (χ0n) is 10.1. The highest BCUT2D eigenvalue weighted by atomic mass is 16.5. The van der Waals surface area contributed by atoms with Crippen LogP contribution in [0.3, 0.4) is 0 Å². The number of nitrogens with zero attached hydrogens (tertiary/aromatic N) is 3. The summed E-state index contributed by atoms with van der Waals surface area (Å²) in [6.45, 7) is 2.68. The third-order valence-electron chi connectivity index (χ3n) is 2.41. The Morgan fingerprint density at radius 2 is 2.28 bits per heavy atom. The monoisotopic (exact) mass is 242 g/mol. The lowest BCUT2D eigenvalue weighted by atomic mass is 10.2. The first-order valence-corrected chi connectivity index (χ1v) is 5.71. The highest BCUT2D eigenvalue weighted by Gasteiger charge is 2.06. The first kappa shape index (κ1) is 12.0. The Morgan fingerprint density at radius 1 is 1.44 bits per heavy atom. The molecule has 0 amide bonds. The number of imidazole rings is 1. The molecule has 1 heterocycles. The van der Waals surface area contributed by atoms with Gasteiger partial charge >= 0.3 is 0 Å². The van der Waals surface area contributed by atoms with Gasteiger partial charge < -0.3 is 10.5 Å². The second kappa shape index (κ2) is 5.23. The summed E-state index contributed by atoms with van der Waals surface area (Å²) in [5.41, 5.74) is 7.20. The minimum absolute atomic E-state index is 0.321. The van der Waals surface area contributed by atoms with Crippen LogP contribution >= 0.6 is 0 Å². The van der Waals surface area contributed by atoms with Gasteiger partial charge in [0, 0.05) is 30.2 Å². The van der Waals surface area contributed by atoms with E-state index in [1.54, 1.807) is 29.1 Å². The molecule has 0 saturated carbocycles. The Labute approximate surface area is 105 Å². The zero-order chi connectivity index (χ0) is 13.0. The number of anilines is 1. The molecule has 92 valence electrons. The van der Waals surface area contributed by atoms with Crippen LogP contribution in [0, 0.1) is 11.3 Å². The van der Waals surface area contributed by atoms with Gasteiger partial charge in [0.05, 0.1) is 12.3 Å². The molecule has 0 spiro atoms. The highest BCUT2D eigenvalue weighted by Crippen LogP contribution is 2.22. The average molecular weight is 242 g/mol. The van der Waals surface area contributed by atoms with Crippen LogP contribution in [0.15, 0.2) is 30.6 Å². The molecule has 2 rings (SSSR count). The number of benzene rings is 1. The van der Waals surface area contributed by atoms with Gasteiger partial charge in [0.15, 0.2) is 0 Å². The molecule has 0 aliphatic carbocycles. The predicted molar refractivity (Wildman–Crippen MR) is 68.5 cm³/mol. The van der Waals surface area contributed by atoms with Crippen LogP contribution in [-0.2, 0) is 0 Å². The summed E-state index contributed by atoms with van der Waals surface area (Å²) < 4.78 is 7.23. The van der Waals surface area contributed by atoms with Gasteiger partial charge in [-0.1, -0.05) is 6.92 Å². The van der Waals surface area contributed by atoms with E-state index in [-0.39, 0.29) is 0 Å². The van der Waals surface area contributed by atoms with E-state index < -0.39 is 0 Å². The van der Waals surface area contributed by atoms with Crippen LogP contribution < -0.4 is 10.5 Å². The quantitative estimate of drug-likeness (QED) is 0.833. The van der Waals surface area contributed by atoms with Crippen molar-refractivity contribution in [3.05, 3.63) is 36.4 Å². The van der Waals surface area contributed by atoms with Gasteiger partial charge in [-0.3, -0.25) is 4.57 Å². The van der Waals surface area contributed by atoms with E-state index in [9.17, 15) is 0 Å². The number of hydrogen-bond donors (Lipinski definition) is 1. The van der Waals surface area contributed by atoms with Crippen LogP contribution in [0.1, 0.15) is 19.2 Å². The molecule has 5 nitrogen and oxygen atoms in total. The van der Waals surface area contributed by atoms with Gasteiger partial charge in [0.25, 0.3) is 0 Å². The van der Waals surface area contributed by atoms with E-state index in [1.807, 2.05) is 19.1 Å². The summed E-state index contributed by atoms with van der Waals surface area (Å²) in [5.74, 6) is 1.02. The predicted octanol–water partition coefficient (Wildman–Crippen LogP) is 2.11. The third-order valence-corrected chi connectivity index (χ3v) is 2.41. The van der Waals surface area contributed by atoms with Crippen LogP contribution in [0.4, 0.5) is 5.69 Å². The number of aromatic nitrogens is 2. The normalized spacial score (nSPS) is 10.0. The fourth-order valence-corrected chi connectivity index (χ4v) is 1.64. The molecule has 18 heavy (non-hydrogen) atoms. The van der Waals surface area contributed by atoms with Gasteiger partial charge in [0.1, 0.15) is 11.8 Å². The summed E-state index contributed by atoms with van der Waals surface area (Å²) in [6.07, 6.45) is 4.23. The van der Waals surface area contributed by atoms with E-state index in [0.29, 0.717) is 23.9 Å². The zero-order valence-corrected chi connectivity index (χ0v) is 10.1. The Morgan fingerprint density at radius 3 is 3.00 bits per heavy atom. The summed E-state index contributed by atoms with van der Waals surface area (Å²) in [6, 6.07) is 7.41. The smallest absolute Gasteiger partial charge is 0.217 e. The van der Waals surface area contributed by atoms with Gasteiger partial charge in [-0.2, -0.15) is 5.26 Å². The van der Waals surface area contributed by atoms with Crippen molar-refractivity contribution < 1.29 is 4.74 Å². The van der Waals surface area contributed by atoms with E-state index in [4.69, 9.17) is 15.7 Å². The molecule has 0 unspecified atom stereocenters. The Balaban J connectivity index is 2.39. The highest BCUT2D eigenvalue weighted by molar-refractivity contribution is 5.54. The number of nitrogens with two attached hydrogens (primary N) is 1. The molecule has 1 aromatic heterocycles. The molecule has 0 bridgehead atoms. The standard InChI is InChI=1S/C13H14N4O/c1-2-5-18-12-7-10(15)6-11(8-12)17-4-3-16-13(17)9-14/h3-4,6-8H,2,5,15H2,1H3. The summed E-state index contributed by atoms with van der Waals surface area (Å²) in [4.78, 5) is 3.95. The molecule has 2 aromatic rings. The summed E-state index contributed by atoms with van der Waals surface area (Å²) >= 11 is 0. The number of hydrogen-bond acceptors (Lipinski definition) is 4. The Bertz CT molecular complexity index is 583. The van der Waals surface area contributed by atoms with Crippen LogP contribution in [0.25, 0.3) is 5.69 Å². The molecule has 0 aliphatic heterocycles. The lowest BCUT2D eigenvalue weighted by molar-refractivity contribution is 0.317. The first-order valence-electron chi connectivity index (χ1n) is 5.71. The van der Waals surface area contributed by atoms with Crippen molar-refractivity contribution in [2.45, 2.75) is 13.3 Å². The lowest BCUT2D eigenvalue weighted by Crippen LogP contribution is -2.01. The van der Waals surface area contributed by atoms with Crippen LogP contribution in [-0.4, -0.2) is 16.2 Å². The van der Waals surface area contributed by atoms with E-state index in [1.165, 1.54) is 0 Å². The van der Waals surface area contributed by atoms with E-state index in [0.717, 1.165) is 12.1 Å². The topological polar surface area (TPSA) is 76.9 Å². The molecule has 1 aromatic carbocycles. The molecule has 5 heteroatoms.